The van der Waals surface area contributed by atoms with E-state index in [0.29, 0.717) is 32.2 Å². The highest BCUT2D eigenvalue weighted by molar-refractivity contribution is 7.92. The molecule has 0 spiro atoms. The molecule has 2 rings (SSSR count). The maximum Gasteiger partial charge on any atom is 0.245 e. The quantitative estimate of drug-likeness (QED) is 0.638. The van der Waals surface area contributed by atoms with E-state index < -0.39 is 27.0 Å². The molecule has 2 aliphatic rings. The summed E-state index contributed by atoms with van der Waals surface area (Å²) in [5.41, 5.74) is -0.936. The van der Waals surface area contributed by atoms with E-state index in [-0.39, 0.29) is 11.2 Å². The van der Waals surface area contributed by atoms with Crippen molar-refractivity contribution in [2.45, 2.75) is 88.3 Å². The molecule has 0 atom stereocenters. The van der Waals surface area contributed by atoms with E-state index in [9.17, 15) is 18.0 Å². The molecule has 2 N–H and O–H groups in total. The van der Waals surface area contributed by atoms with Crippen LogP contribution in [0.15, 0.2) is 0 Å². The highest BCUT2D eigenvalue weighted by Gasteiger charge is 2.41. The Balaban J connectivity index is 2.00. The van der Waals surface area contributed by atoms with Gasteiger partial charge in [0.1, 0.15) is 11.3 Å². The number of nitrogens with one attached hydrogen (secondary N) is 2. The van der Waals surface area contributed by atoms with Crippen LogP contribution in [-0.2, 0) is 19.4 Å². The monoisotopic (exact) mass is 372 g/mol. The summed E-state index contributed by atoms with van der Waals surface area (Å²) in [5.74, 6) is -1.19. The number of sulfone groups is 1. The van der Waals surface area contributed by atoms with Crippen LogP contribution in [0.2, 0.25) is 0 Å². The van der Waals surface area contributed by atoms with Gasteiger partial charge >= 0.3 is 0 Å². The van der Waals surface area contributed by atoms with Gasteiger partial charge in [-0.15, -0.1) is 0 Å². The van der Waals surface area contributed by atoms with E-state index >= 15 is 0 Å². The van der Waals surface area contributed by atoms with Gasteiger partial charge in [-0.05, 0) is 32.1 Å². The van der Waals surface area contributed by atoms with Crippen molar-refractivity contribution in [3.8, 4) is 0 Å². The molecule has 2 fully saturated rings. The third-order valence-electron chi connectivity index (χ3n) is 5.48. The molecule has 2 saturated carbocycles. The fourth-order valence-corrected chi connectivity index (χ4v) is 5.69. The van der Waals surface area contributed by atoms with E-state index in [4.69, 9.17) is 0 Å². The van der Waals surface area contributed by atoms with E-state index in [0.717, 1.165) is 44.9 Å². The normalized spacial score (nSPS) is 21.0. The first-order chi connectivity index (χ1) is 11.9. The molecular weight excluding hydrogens is 340 g/mol. The zero-order valence-corrected chi connectivity index (χ0v) is 16.1. The van der Waals surface area contributed by atoms with Crippen molar-refractivity contribution in [3.05, 3.63) is 0 Å². The Bertz CT molecular complexity index is 562. The first kappa shape index (κ1) is 20.2. The van der Waals surface area contributed by atoms with Gasteiger partial charge in [-0.2, -0.15) is 0 Å². The first-order valence-electron chi connectivity index (χ1n) is 9.70. The molecule has 0 aromatic carbocycles. The molecule has 0 radical (unpaired) electrons. The predicted octanol–water partition coefficient (Wildman–Crippen LogP) is 2.08. The van der Waals surface area contributed by atoms with Crippen LogP contribution in [0.5, 0.6) is 0 Å². The second-order valence-corrected chi connectivity index (χ2v) is 9.80. The Morgan fingerprint density at radius 2 is 1.68 bits per heavy atom. The molecule has 2 amide bonds. The summed E-state index contributed by atoms with van der Waals surface area (Å²) < 4.78 is 24.8. The Kier molecular flexibility index (Phi) is 7.28. The summed E-state index contributed by atoms with van der Waals surface area (Å²) in [4.78, 5) is 25.1. The van der Waals surface area contributed by atoms with Crippen LogP contribution in [0.3, 0.4) is 0 Å². The average molecular weight is 373 g/mol. The van der Waals surface area contributed by atoms with Gasteiger partial charge in [0.15, 0.2) is 9.84 Å². The number of hydrogen-bond acceptors (Lipinski definition) is 4. The fraction of sp³-hybridized carbons (Fsp3) is 0.889. The summed E-state index contributed by atoms with van der Waals surface area (Å²) in [6.07, 6.45) is 8.96. The van der Waals surface area contributed by atoms with Gasteiger partial charge in [-0.25, -0.2) is 8.42 Å². The molecular formula is C18H32N2O4S. The third-order valence-corrected chi connectivity index (χ3v) is 7.63. The first-order valence-corrected chi connectivity index (χ1v) is 11.4. The van der Waals surface area contributed by atoms with Crippen molar-refractivity contribution in [2.75, 3.05) is 12.3 Å². The molecule has 144 valence electrons. The minimum Gasteiger partial charge on any atom is -0.354 e. The van der Waals surface area contributed by atoms with Gasteiger partial charge in [0.2, 0.25) is 11.8 Å². The van der Waals surface area contributed by atoms with Gasteiger partial charge in [0, 0.05) is 6.54 Å². The molecule has 0 aliphatic heterocycles. The van der Waals surface area contributed by atoms with Crippen molar-refractivity contribution in [2.24, 2.45) is 0 Å². The molecule has 6 nitrogen and oxygen atoms in total. The number of amides is 2. The summed E-state index contributed by atoms with van der Waals surface area (Å²) in [7, 11) is -3.43. The highest BCUT2D eigenvalue weighted by atomic mass is 32.2. The zero-order chi connectivity index (χ0) is 18.3. The van der Waals surface area contributed by atoms with E-state index in [1.807, 2.05) is 0 Å². The standard InChI is InChI=1S/C18H32N2O4S/c1-2-3-13-19-17(22)18(11-7-4-8-12-18)20-16(21)14-25(23,24)15-9-5-6-10-15/h15H,2-14H2,1H3,(H,19,22)(H,20,21). The molecule has 0 bridgehead atoms. The summed E-state index contributed by atoms with van der Waals surface area (Å²) >= 11 is 0. The molecule has 0 aromatic rings. The van der Waals surface area contributed by atoms with Gasteiger partial charge in [0.05, 0.1) is 5.25 Å². The van der Waals surface area contributed by atoms with Crippen LogP contribution in [0.25, 0.3) is 0 Å². The molecule has 2 aliphatic carbocycles. The second kappa shape index (κ2) is 9.01. The lowest BCUT2D eigenvalue weighted by Crippen LogP contribution is -2.60. The Morgan fingerprint density at radius 3 is 2.28 bits per heavy atom. The zero-order valence-electron chi connectivity index (χ0n) is 15.3. The van der Waals surface area contributed by atoms with E-state index in [2.05, 4.69) is 17.6 Å². The number of unbranched alkanes of at least 4 members (excludes halogenated alkanes) is 1. The van der Waals surface area contributed by atoms with Gasteiger partial charge < -0.3 is 10.6 Å². The Labute approximate surface area is 151 Å². The number of carbonyl (C=O) groups excluding carboxylic acids is 2. The molecule has 0 unspecified atom stereocenters. The van der Waals surface area contributed by atoms with Crippen LogP contribution in [0.1, 0.15) is 77.6 Å². The molecule has 7 heteroatoms. The number of hydrogen-bond donors (Lipinski definition) is 2. The van der Waals surface area contributed by atoms with Crippen molar-refractivity contribution in [1.82, 2.24) is 10.6 Å². The lowest BCUT2D eigenvalue weighted by molar-refractivity contribution is -0.134. The molecule has 0 heterocycles. The predicted molar refractivity (Wildman–Crippen MR) is 97.9 cm³/mol. The molecule has 25 heavy (non-hydrogen) atoms. The minimum atomic E-state index is -3.43. The maximum absolute atomic E-state index is 12.7. The van der Waals surface area contributed by atoms with E-state index in [1.165, 1.54) is 0 Å². The minimum absolute atomic E-state index is 0.160. The summed E-state index contributed by atoms with van der Waals surface area (Å²) in [5, 5.41) is 5.33. The van der Waals surface area contributed by atoms with Gasteiger partial charge in [-0.1, -0.05) is 45.4 Å². The Hall–Kier alpha value is -1.11. The average Bonchev–Trinajstić information content (AvgIpc) is 3.10. The van der Waals surface area contributed by atoms with Crippen molar-refractivity contribution in [1.29, 1.82) is 0 Å². The van der Waals surface area contributed by atoms with Crippen molar-refractivity contribution in [3.63, 3.8) is 0 Å². The van der Waals surface area contributed by atoms with Crippen LogP contribution < -0.4 is 10.6 Å². The van der Waals surface area contributed by atoms with Crippen molar-refractivity contribution >= 4 is 21.7 Å². The van der Waals surface area contributed by atoms with Crippen LogP contribution in [0, 0.1) is 0 Å². The fourth-order valence-electron chi connectivity index (χ4n) is 3.96. The largest absolute Gasteiger partial charge is 0.354 e. The molecule has 0 aromatic heterocycles. The summed E-state index contributed by atoms with van der Waals surface area (Å²) in [6.45, 7) is 2.64. The van der Waals surface area contributed by atoms with Gasteiger partial charge in [-0.3, -0.25) is 9.59 Å². The topological polar surface area (TPSA) is 92.3 Å². The SMILES string of the molecule is CCCCNC(=O)C1(NC(=O)CS(=O)(=O)C2CCCC2)CCCCC1. The number of carbonyl (C=O) groups is 2. The smallest absolute Gasteiger partial charge is 0.245 e. The van der Waals surface area contributed by atoms with Crippen LogP contribution >= 0.6 is 0 Å². The van der Waals surface area contributed by atoms with Crippen molar-refractivity contribution < 1.29 is 18.0 Å². The maximum atomic E-state index is 12.7. The Morgan fingerprint density at radius 1 is 1.04 bits per heavy atom. The van der Waals surface area contributed by atoms with Crippen LogP contribution in [0.4, 0.5) is 0 Å². The van der Waals surface area contributed by atoms with E-state index in [1.54, 1.807) is 0 Å². The molecule has 0 saturated heterocycles. The third kappa shape index (κ3) is 5.43. The number of rotatable bonds is 8. The lowest BCUT2D eigenvalue weighted by Gasteiger charge is -2.36. The summed E-state index contributed by atoms with van der Waals surface area (Å²) in [6, 6.07) is 0. The van der Waals surface area contributed by atoms with Gasteiger partial charge in [0.25, 0.3) is 0 Å². The highest BCUT2D eigenvalue weighted by Crippen LogP contribution is 2.29. The lowest BCUT2D eigenvalue weighted by atomic mass is 9.80. The van der Waals surface area contributed by atoms with Crippen LogP contribution in [-0.4, -0.2) is 43.3 Å². The second-order valence-electron chi connectivity index (χ2n) is 7.51.